The third-order valence-electron chi connectivity index (χ3n) is 5.11. The van der Waals surface area contributed by atoms with Crippen molar-refractivity contribution in [1.29, 1.82) is 0 Å². The standard InChI is InChI=1S/C22H34N4O3/c1-4-23-22(24-16-18-7-5-8-19(15-18)29-17(2)3)26-12-10-25(11-13-26)21(27)20-9-6-14-28-20/h5,7-8,15,17,20H,4,6,9-14,16H2,1-3H3,(H,23,24). The Bertz CT molecular complexity index is 693. The number of ether oxygens (including phenoxy) is 2. The molecule has 0 aromatic heterocycles. The number of hydrogen-bond acceptors (Lipinski definition) is 4. The highest BCUT2D eigenvalue weighted by molar-refractivity contribution is 5.82. The lowest BCUT2D eigenvalue weighted by Gasteiger charge is -2.37. The molecule has 2 fully saturated rings. The second-order valence-corrected chi connectivity index (χ2v) is 7.80. The predicted octanol–water partition coefficient (Wildman–Crippen LogP) is 2.26. The minimum atomic E-state index is -0.233. The Balaban J connectivity index is 1.57. The molecule has 0 aliphatic carbocycles. The third kappa shape index (κ3) is 6.10. The lowest BCUT2D eigenvalue weighted by atomic mass is 10.2. The Kier molecular flexibility index (Phi) is 7.75. The molecule has 7 heteroatoms. The van der Waals surface area contributed by atoms with Gasteiger partial charge in [-0.2, -0.15) is 0 Å². The smallest absolute Gasteiger partial charge is 0.251 e. The molecule has 1 atom stereocenters. The van der Waals surface area contributed by atoms with E-state index in [-0.39, 0.29) is 18.1 Å². The summed E-state index contributed by atoms with van der Waals surface area (Å²) in [6, 6.07) is 8.09. The van der Waals surface area contributed by atoms with Crippen LogP contribution >= 0.6 is 0 Å². The quantitative estimate of drug-likeness (QED) is 0.584. The fourth-order valence-electron chi connectivity index (χ4n) is 3.70. The van der Waals surface area contributed by atoms with Gasteiger partial charge in [-0.05, 0) is 51.3 Å². The zero-order valence-electron chi connectivity index (χ0n) is 17.9. The van der Waals surface area contributed by atoms with Crippen molar-refractivity contribution >= 4 is 11.9 Å². The molecular formula is C22H34N4O3. The number of amides is 1. The van der Waals surface area contributed by atoms with Crippen LogP contribution in [0.4, 0.5) is 0 Å². The van der Waals surface area contributed by atoms with E-state index >= 15 is 0 Å². The van der Waals surface area contributed by atoms with Gasteiger partial charge in [0.2, 0.25) is 0 Å². The second kappa shape index (κ2) is 10.5. The molecule has 0 spiro atoms. The molecule has 7 nitrogen and oxygen atoms in total. The second-order valence-electron chi connectivity index (χ2n) is 7.80. The maximum absolute atomic E-state index is 12.5. The molecule has 1 amide bonds. The van der Waals surface area contributed by atoms with Gasteiger partial charge >= 0.3 is 0 Å². The summed E-state index contributed by atoms with van der Waals surface area (Å²) < 4.78 is 11.3. The number of hydrogen-bond donors (Lipinski definition) is 1. The molecule has 1 aromatic carbocycles. The lowest BCUT2D eigenvalue weighted by molar-refractivity contribution is -0.142. The van der Waals surface area contributed by atoms with E-state index in [4.69, 9.17) is 14.5 Å². The van der Waals surface area contributed by atoms with E-state index in [2.05, 4.69) is 23.2 Å². The normalized spacial score (nSPS) is 20.3. The summed E-state index contributed by atoms with van der Waals surface area (Å²) in [6.45, 7) is 11.2. The molecule has 0 radical (unpaired) electrons. The van der Waals surface area contributed by atoms with Crippen molar-refractivity contribution in [2.45, 2.75) is 52.4 Å². The number of guanidine groups is 1. The minimum absolute atomic E-state index is 0.144. The molecule has 0 bridgehead atoms. The average molecular weight is 403 g/mol. The van der Waals surface area contributed by atoms with Crippen LogP contribution in [0.3, 0.4) is 0 Å². The van der Waals surface area contributed by atoms with Crippen LogP contribution in [0, 0.1) is 0 Å². The van der Waals surface area contributed by atoms with Crippen LogP contribution in [0.25, 0.3) is 0 Å². The highest BCUT2D eigenvalue weighted by Gasteiger charge is 2.30. The van der Waals surface area contributed by atoms with Crippen LogP contribution in [-0.2, 0) is 16.1 Å². The Labute approximate surface area is 174 Å². The highest BCUT2D eigenvalue weighted by Crippen LogP contribution is 2.17. The van der Waals surface area contributed by atoms with Crippen molar-refractivity contribution in [2.75, 3.05) is 39.3 Å². The van der Waals surface area contributed by atoms with Crippen LogP contribution in [0.1, 0.15) is 39.2 Å². The summed E-state index contributed by atoms with van der Waals surface area (Å²) >= 11 is 0. The number of rotatable bonds is 6. The van der Waals surface area contributed by atoms with Crippen molar-refractivity contribution in [3.8, 4) is 5.75 Å². The van der Waals surface area contributed by atoms with Gasteiger partial charge in [0, 0.05) is 39.3 Å². The van der Waals surface area contributed by atoms with Crippen molar-refractivity contribution in [1.82, 2.24) is 15.1 Å². The summed E-state index contributed by atoms with van der Waals surface area (Å²) in [5.41, 5.74) is 1.12. The third-order valence-corrected chi connectivity index (χ3v) is 5.11. The van der Waals surface area contributed by atoms with Gasteiger partial charge in [0.05, 0.1) is 12.6 Å². The van der Waals surface area contributed by atoms with E-state index in [0.717, 1.165) is 49.7 Å². The maximum atomic E-state index is 12.5. The Hall–Kier alpha value is -2.28. The fourth-order valence-corrected chi connectivity index (χ4v) is 3.70. The molecule has 160 valence electrons. The monoisotopic (exact) mass is 402 g/mol. The van der Waals surface area contributed by atoms with Crippen molar-refractivity contribution in [3.63, 3.8) is 0 Å². The number of carbonyl (C=O) groups excluding carboxylic acids is 1. The zero-order valence-corrected chi connectivity index (χ0v) is 17.9. The van der Waals surface area contributed by atoms with E-state index in [1.54, 1.807) is 0 Å². The fraction of sp³-hybridized carbons (Fsp3) is 0.636. The molecule has 1 unspecified atom stereocenters. The highest BCUT2D eigenvalue weighted by atomic mass is 16.5. The predicted molar refractivity (Wildman–Crippen MR) is 114 cm³/mol. The number of carbonyl (C=O) groups is 1. The van der Waals surface area contributed by atoms with E-state index in [1.165, 1.54) is 0 Å². The van der Waals surface area contributed by atoms with Crippen molar-refractivity contribution in [2.24, 2.45) is 4.99 Å². The van der Waals surface area contributed by atoms with Gasteiger partial charge in [-0.15, -0.1) is 0 Å². The number of benzene rings is 1. The topological polar surface area (TPSA) is 66.4 Å². The first kappa shape index (κ1) is 21.4. The molecular weight excluding hydrogens is 368 g/mol. The van der Waals surface area contributed by atoms with Crippen molar-refractivity contribution in [3.05, 3.63) is 29.8 Å². The first-order chi connectivity index (χ1) is 14.1. The molecule has 1 aromatic rings. The van der Waals surface area contributed by atoms with Gasteiger partial charge in [0.1, 0.15) is 11.9 Å². The zero-order chi connectivity index (χ0) is 20.6. The molecule has 1 N–H and O–H groups in total. The van der Waals surface area contributed by atoms with Crippen LogP contribution in [0.15, 0.2) is 29.3 Å². The number of nitrogens with one attached hydrogen (secondary N) is 1. The summed E-state index contributed by atoms with van der Waals surface area (Å²) in [7, 11) is 0. The Morgan fingerprint density at radius 2 is 2.03 bits per heavy atom. The van der Waals surface area contributed by atoms with Crippen LogP contribution in [0.5, 0.6) is 5.75 Å². The van der Waals surface area contributed by atoms with Gasteiger partial charge < -0.3 is 24.6 Å². The van der Waals surface area contributed by atoms with Gasteiger partial charge in [-0.1, -0.05) is 12.1 Å². The van der Waals surface area contributed by atoms with Crippen LogP contribution < -0.4 is 10.1 Å². The summed E-state index contributed by atoms with van der Waals surface area (Å²) in [5, 5.41) is 3.39. The van der Waals surface area contributed by atoms with Gasteiger partial charge in [0.25, 0.3) is 5.91 Å². The van der Waals surface area contributed by atoms with Gasteiger partial charge in [-0.3, -0.25) is 4.79 Å². The Morgan fingerprint density at radius 3 is 2.69 bits per heavy atom. The largest absolute Gasteiger partial charge is 0.491 e. The number of nitrogens with zero attached hydrogens (tertiary/aromatic N) is 3. The molecule has 2 heterocycles. The Morgan fingerprint density at radius 1 is 1.28 bits per heavy atom. The minimum Gasteiger partial charge on any atom is -0.491 e. The first-order valence-electron chi connectivity index (χ1n) is 10.8. The maximum Gasteiger partial charge on any atom is 0.251 e. The van der Waals surface area contributed by atoms with Gasteiger partial charge in [0.15, 0.2) is 5.96 Å². The van der Waals surface area contributed by atoms with Crippen molar-refractivity contribution < 1.29 is 14.3 Å². The number of piperazine rings is 1. The molecule has 3 rings (SSSR count). The van der Waals surface area contributed by atoms with Crippen LogP contribution in [0.2, 0.25) is 0 Å². The first-order valence-corrected chi connectivity index (χ1v) is 10.8. The molecule has 0 saturated carbocycles. The summed E-state index contributed by atoms with van der Waals surface area (Å²) in [5.74, 6) is 1.91. The molecule has 2 aliphatic heterocycles. The van der Waals surface area contributed by atoms with Gasteiger partial charge in [-0.25, -0.2) is 4.99 Å². The summed E-state index contributed by atoms with van der Waals surface area (Å²) in [6.07, 6.45) is 1.75. The molecule has 29 heavy (non-hydrogen) atoms. The summed E-state index contributed by atoms with van der Waals surface area (Å²) in [4.78, 5) is 21.5. The SMILES string of the molecule is CCNC(=NCc1cccc(OC(C)C)c1)N1CCN(C(=O)C2CCCO2)CC1. The van der Waals surface area contributed by atoms with E-state index < -0.39 is 0 Å². The van der Waals surface area contributed by atoms with Crippen LogP contribution in [-0.4, -0.2) is 73.2 Å². The van der Waals surface area contributed by atoms with E-state index in [1.807, 2.05) is 36.9 Å². The van der Waals surface area contributed by atoms with E-state index in [0.29, 0.717) is 26.2 Å². The average Bonchev–Trinajstić information content (AvgIpc) is 3.25. The van der Waals surface area contributed by atoms with E-state index in [9.17, 15) is 4.79 Å². The lowest BCUT2D eigenvalue weighted by Crippen LogP contribution is -2.55. The number of aliphatic imine (C=N–C) groups is 1. The molecule has 2 aliphatic rings. The molecule has 2 saturated heterocycles.